The maximum atomic E-state index is 12.6. The van der Waals surface area contributed by atoms with Gasteiger partial charge in [0.15, 0.2) is 5.92 Å². The summed E-state index contributed by atoms with van der Waals surface area (Å²) in [5.41, 5.74) is -0.922. The fraction of sp³-hybridized carbons (Fsp3) is 0.400. The van der Waals surface area contributed by atoms with Crippen LogP contribution in [0.4, 0.5) is 18.9 Å². The van der Waals surface area contributed by atoms with Crippen molar-refractivity contribution in [1.82, 2.24) is 0 Å². The lowest BCUT2D eigenvalue weighted by atomic mass is 10.1. The van der Waals surface area contributed by atoms with Gasteiger partial charge in [-0.15, -0.1) is 0 Å². The smallest absolute Gasteiger partial charge is 0.416 e. The second kappa shape index (κ2) is 8.30. The first kappa shape index (κ1) is 18.7. The van der Waals surface area contributed by atoms with Gasteiger partial charge in [0.1, 0.15) is 0 Å². The van der Waals surface area contributed by atoms with Crippen molar-refractivity contribution < 1.29 is 32.2 Å². The van der Waals surface area contributed by atoms with Crippen LogP contribution in [0.5, 0.6) is 0 Å². The SMILES string of the molecule is CCOC(=O)C(C=Nc1cccc(C(F)(F)F)c1)C(=O)OCC. The van der Waals surface area contributed by atoms with Crippen molar-refractivity contribution in [3.63, 3.8) is 0 Å². The number of nitrogens with zero attached hydrogens (tertiary/aromatic N) is 1. The van der Waals surface area contributed by atoms with Crippen LogP contribution in [0, 0.1) is 5.92 Å². The van der Waals surface area contributed by atoms with Crippen molar-refractivity contribution in [2.75, 3.05) is 13.2 Å². The first-order valence-corrected chi connectivity index (χ1v) is 6.84. The second-order valence-corrected chi connectivity index (χ2v) is 4.31. The van der Waals surface area contributed by atoms with Crippen molar-refractivity contribution in [3.05, 3.63) is 29.8 Å². The quantitative estimate of drug-likeness (QED) is 0.456. The van der Waals surface area contributed by atoms with E-state index in [0.717, 1.165) is 18.3 Å². The highest BCUT2D eigenvalue weighted by molar-refractivity contribution is 6.09. The van der Waals surface area contributed by atoms with Crippen LogP contribution in [-0.2, 0) is 25.2 Å². The van der Waals surface area contributed by atoms with Gasteiger partial charge in [-0.05, 0) is 32.0 Å². The lowest BCUT2D eigenvalue weighted by molar-refractivity contribution is -0.157. The van der Waals surface area contributed by atoms with Gasteiger partial charge < -0.3 is 9.47 Å². The fourth-order valence-corrected chi connectivity index (χ4v) is 1.61. The van der Waals surface area contributed by atoms with Crippen LogP contribution in [0.2, 0.25) is 0 Å². The molecule has 0 bridgehead atoms. The van der Waals surface area contributed by atoms with E-state index in [1.807, 2.05) is 0 Å². The molecule has 23 heavy (non-hydrogen) atoms. The number of ether oxygens (including phenoxy) is 2. The Morgan fingerprint density at radius 2 is 1.74 bits per heavy atom. The summed E-state index contributed by atoms with van der Waals surface area (Å²) in [5.74, 6) is -3.17. The van der Waals surface area contributed by atoms with Crippen molar-refractivity contribution in [2.24, 2.45) is 10.9 Å². The summed E-state index contributed by atoms with van der Waals surface area (Å²) >= 11 is 0. The van der Waals surface area contributed by atoms with E-state index in [9.17, 15) is 22.8 Å². The van der Waals surface area contributed by atoms with E-state index in [1.54, 1.807) is 13.8 Å². The molecule has 126 valence electrons. The largest absolute Gasteiger partial charge is 0.465 e. The van der Waals surface area contributed by atoms with E-state index >= 15 is 0 Å². The van der Waals surface area contributed by atoms with Gasteiger partial charge in [-0.2, -0.15) is 13.2 Å². The zero-order chi connectivity index (χ0) is 17.5. The third-order valence-corrected chi connectivity index (χ3v) is 2.63. The van der Waals surface area contributed by atoms with E-state index in [1.165, 1.54) is 12.1 Å². The van der Waals surface area contributed by atoms with Gasteiger partial charge in [-0.1, -0.05) is 6.07 Å². The number of alkyl halides is 3. The molecular weight excluding hydrogens is 315 g/mol. The van der Waals surface area contributed by atoms with Crippen LogP contribution in [0.25, 0.3) is 0 Å². The van der Waals surface area contributed by atoms with Crippen LogP contribution < -0.4 is 0 Å². The molecule has 1 aromatic rings. The molecule has 8 heteroatoms. The van der Waals surface area contributed by atoms with Crippen molar-refractivity contribution >= 4 is 23.8 Å². The Kier molecular flexibility index (Phi) is 6.74. The molecule has 0 aliphatic rings. The van der Waals surface area contributed by atoms with Crippen molar-refractivity contribution in [2.45, 2.75) is 20.0 Å². The maximum Gasteiger partial charge on any atom is 0.416 e. The van der Waals surface area contributed by atoms with Crippen molar-refractivity contribution in [1.29, 1.82) is 0 Å². The highest BCUT2D eigenvalue weighted by atomic mass is 19.4. The molecule has 0 aliphatic heterocycles. The molecule has 0 spiro atoms. The molecule has 0 fully saturated rings. The van der Waals surface area contributed by atoms with E-state index in [2.05, 4.69) is 4.99 Å². The molecule has 0 amide bonds. The number of hydrogen-bond donors (Lipinski definition) is 0. The standard InChI is InChI=1S/C15H16F3NO4/c1-3-22-13(20)12(14(21)23-4-2)9-19-11-7-5-6-10(8-11)15(16,17)18/h5-9,12H,3-4H2,1-2H3. The molecule has 0 unspecified atom stereocenters. The Labute approximate surface area is 131 Å². The summed E-state index contributed by atoms with van der Waals surface area (Å²) in [6.45, 7) is 3.21. The van der Waals surface area contributed by atoms with Gasteiger partial charge in [0, 0.05) is 6.21 Å². The van der Waals surface area contributed by atoms with Gasteiger partial charge >= 0.3 is 18.1 Å². The zero-order valence-corrected chi connectivity index (χ0v) is 12.6. The molecule has 1 aromatic carbocycles. The minimum Gasteiger partial charge on any atom is -0.465 e. The third-order valence-electron chi connectivity index (χ3n) is 2.63. The molecule has 0 aromatic heterocycles. The van der Waals surface area contributed by atoms with Gasteiger partial charge in [0.2, 0.25) is 0 Å². The van der Waals surface area contributed by atoms with Gasteiger partial charge in [0.25, 0.3) is 0 Å². The number of benzene rings is 1. The molecule has 5 nitrogen and oxygen atoms in total. The number of carbonyl (C=O) groups is 2. The van der Waals surface area contributed by atoms with E-state index < -0.39 is 29.6 Å². The molecule has 1 rings (SSSR count). The Balaban J connectivity index is 3.00. The monoisotopic (exact) mass is 331 g/mol. The predicted molar refractivity (Wildman–Crippen MR) is 76.4 cm³/mol. The number of rotatable bonds is 6. The van der Waals surface area contributed by atoms with Crippen LogP contribution in [0.15, 0.2) is 29.3 Å². The average molecular weight is 331 g/mol. The zero-order valence-electron chi connectivity index (χ0n) is 12.6. The number of hydrogen-bond acceptors (Lipinski definition) is 5. The Bertz CT molecular complexity index is 566. The first-order chi connectivity index (χ1) is 10.8. The topological polar surface area (TPSA) is 65.0 Å². The highest BCUT2D eigenvalue weighted by Gasteiger charge is 2.31. The van der Waals surface area contributed by atoms with E-state index in [-0.39, 0.29) is 18.9 Å². The predicted octanol–water partition coefficient (Wildman–Crippen LogP) is 3.15. The summed E-state index contributed by atoms with van der Waals surface area (Å²) in [6, 6.07) is 4.20. The summed E-state index contributed by atoms with van der Waals surface area (Å²) in [5, 5.41) is 0. The Morgan fingerprint density at radius 3 is 2.22 bits per heavy atom. The van der Waals surface area contributed by atoms with Crippen molar-refractivity contribution in [3.8, 4) is 0 Å². The molecule has 0 heterocycles. The Hall–Kier alpha value is -2.38. The van der Waals surface area contributed by atoms with E-state index in [0.29, 0.717) is 0 Å². The fourth-order valence-electron chi connectivity index (χ4n) is 1.61. The summed E-state index contributed by atoms with van der Waals surface area (Å²) in [6.07, 6.45) is -3.58. The minimum absolute atomic E-state index is 0.0431. The molecular formula is C15H16F3NO4. The molecule has 0 saturated carbocycles. The van der Waals surface area contributed by atoms with Gasteiger partial charge in [0.05, 0.1) is 24.5 Å². The van der Waals surface area contributed by atoms with Crippen LogP contribution >= 0.6 is 0 Å². The van der Waals surface area contributed by atoms with Crippen LogP contribution in [0.1, 0.15) is 19.4 Å². The molecule has 0 N–H and O–H groups in total. The molecule has 0 saturated heterocycles. The summed E-state index contributed by atoms with van der Waals surface area (Å²) in [7, 11) is 0. The van der Waals surface area contributed by atoms with E-state index in [4.69, 9.17) is 9.47 Å². The highest BCUT2D eigenvalue weighted by Crippen LogP contribution is 2.31. The molecule has 0 aliphatic carbocycles. The number of esters is 2. The second-order valence-electron chi connectivity index (χ2n) is 4.31. The first-order valence-electron chi connectivity index (χ1n) is 6.84. The Morgan fingerprint density at radius 1 is 1.17 bits per heavy atom. The lowest BCUT2D eigenvalue weighted by Gasteiger charge is -2.10. The minimum atomic E-state index is -4.51. The van der Waals surface area contributed by atoms with Crippen LogP contribution in [-0.4, -0.2) is 31.4 Å². The summed E-state index contributed by atoms with van der Waals surface area (Å²) in [4.78, 5) is 27.2. The van der Waals surface area contributed by atoms with Crippen LogP contribution in [0.3, 0.4) is 0 Å². The maximum absolute atomic E-state index is 12.6. The molecule has 0 atom stereocenters. The normalized spacial score (nSPS) is 11.7. The number of aliphatic imine (C=N–C) groups is 1. The summed E-state index contributed by atoms with van der Waals surface area (Å²) < 4.78 is 47.3. The average Bonchev–Trinajstić information content (AvgIpc) is 2.47. The number of carbonyl (C=O) groups excluding carboxylic acids is 2. The lowest BCUT2D eigenvalue weighted by Crippen LogP contribution is -2.29. The number of halogens is 3. The van der Waals surface area contributed by atoms with Gasteiger partial charge in [-0.3, -0.25) is 14.6 Å². The van der Waals surface area contributed by atoms with Gasteiger partial charge in [-0.25, -0.2) is 0 Å². The molecule has 0 radical (unpaired) electrons. The third kappa shape index (κ3) is 5.72.